The summed E-state index contributed by atoms with van der Waals surface area (Å²) in [7, 11) is 3.38. The number of aryl methyl sites for hydroxylation is 1. The van der Waals surface area contributed by atoms with Gasteiger partial charge >= 0.3 is 6.03 Å². The van der Waals surface area contributed by atoms with Gasteiger partial charge in [0.1, 0.15) is 12.1 Å². The van der Waals surface area contributed by atoms with Gasteiger partial charge in [-0.15, -0.1) is 0 Å². The molecule has 0 spiro atoms. The second-order valence-corrected chi connectivity index (χ2v) is 8.73. The summed E-state index contributed by atoms with van der Waals surface area (Å²) < 4.78 is 7.32. The van der Waals surface area contributed by atoms with E-state index in [-0.39, 0.29) is 23.8 Å². The molecule has 2 aromatic heterocycles. The van der Waals surface area contributed by atoms with Crippen LogP contribution in [0.4, 0.5) is 22.0 Å². The number of pyridine rings is 1. The Morgan fingerprint density at radius 3 is 2.59 bits per heavy atom. The van der Waals surface area contributed by atoms with E-state index in [0.717, 1.165) is 37.7 Å². The van der Waals surface area contributed by atoms with Crippen molar-refractivity contribution in [2.24, 2.45) is 13.0 Å². The number of anilines is 3. The highest BCUT2D eigenvalue weighted by Crippen LogP contribution is 2.39. The van der Waals surface area contributed by atoms with Gasteiger partial charge in [0.2, 0.25) is 0 Å². The zero-order chi connectivity index (χ0) is 23.7. The van der Waals surface area contributed by atoms with Crippen LogP contribution in [0.2, 0.25) is 0 Å². The van der Waals surface area contributed by atoms with Gasteiger partial charge in [-0.3, -0.25) is 14.8 Å². The molecule has 2 amide bonds. The topological polar surface area (TPSA) is 123 Å². The Hall–Kier alpha value is -3.95. The molecule has 1 aromatic carbocycles. The number of ketones is 1. The quantitative estimate of drug-likeness (QED) is 0.435. The van der Waals surface area contributed by atoms with E-state index in [2.05, 4.69) is 31.0 Å². The Labute approximate surface area is 197 Å². The summed E-state index contributed by atoms with van der Waals surface area (Å²) in [6.45, 7) is 0. The maximum atomic E-state index is 13.0. The maximum Gasteiger partial charge on any atom is 0.320 e. The number of hydrogen-bond acceptors (Lipinski definition) is 7. The molecule has 0 unspecified atom stereocenters. The fourth-order valence-corrected chi connectivity index (χ4v) is 3.92. The van der Waals surface area contributed by atoms with Gasteiger partial charge in [0.25, 0.3) is 0 Å². The Morgan fingerprint density at radius 1 is 1.12 bits per heavy atom. The molecule has 2 aliphatic rings. The number of rotatable bonds is 8. The van der Waals surface area contributed by atoms with E-state index in [0.29, 0.717) is 34.3 Å². The fraction of sp³-hybridized carbons (Fsp3) is 0.375. The van der Waals surface area contributed by atoms with Gasteiger partial charge in [-0.05, 0) is 44.2 Å². The Bertz CT molecular complexity index is 1230. The maximum absolute atomic E-state index is 13.0. The van der Waals surface area contributed by atoms with Crippen LogP contribution in [0.3, 0.4) is 0 Å². The molecule has 0 saturated heterocycles. The minimum atomic E-state index is -0.301. The molecule has 176 valence electrons. The smallest absolute Gasteiger partial charge is 0.320 e. The van der Waals surface area contributed by atoms with Crippen molar-refractivity contribution in [3.05, 3.63) is 42.4 Å². The van der Waals surface area contributed by atoms with E-state index in [1.807, 2.05) is 18.2 Å². The van der Waals surface area contributed by atoms with Gasteiger partial charge in [-0.2, -0.15) is 5.10 Å². The molecule has 5 rings (SSSR count). The van der Waals surface area contributed by atoms with Gasteiger partial charge in [0, 0.05) is 31.3 Å². The molecule has 0 radical (unpaired) electrons. The number of methoxy groups -OCH3 is 1. The first-order chi connectivity index (χ1) is 16.5. The Kier molecular flexibility index (Phi) is 5.87. The summed E-state index contributed by atoms with van der Waals surface area (Å²) in [6.07, 6.45) is 8.02. The van der Waals surface area contributed by atoms with Gasteiger partial charge in [0.15, 0.2) is 17.4 Å². The number of amides is 2. The summed E-state index contributed by atoms with van der Waals surface area (Å²) in [5.41, 5.74) is 2.40. The zero-order valence-electron chi connectivity index (χ0n) is 19.2. The van der Waals surface area contributed by atoms with E-state index in [9.17, 15) is 9.59 Å². The summed E-state index contributed by atoms with van der Waals surface area (Å²) in [5.74, 6) is 1.50. The van der Waals surface area contributed by atoms with Crippen molar-refractivity contribution in [2.45, 2.75) is 38.1 Å². The lowest BCUT2D eigenvalue weighted by molar-refractivity contribution is 0.0968. The fourth-order valence-electron chi connectivity index (χ4n) is 3.92. The van der Waals surface area contributed by atoms with Crippen molar-refractivity contribution >= 4 is 29.0 Å². The minimum Gasteiger partial charge on any atom is -0.494 e. The van der Waals surface area contributed by atoms with Gasteiger partial charge in [-0.25, -0.2) is 14.8 Å². The molecule has 10 nitrogen and oxygen atoms in total. The lowest BCUT2D eigenvalue weighted by atomic mass is 9.93. The minimum absolute atomic E-state index is 0.0222. The number of urea groups is 1. The normalized spacial score (nSPS) is 15.4. The average Bonchev–Trinajstić information content (AvgIpc) is 3.56. The number of Topliss-reactive ketones (excluding diaryl/α,β-unsaturated/α-hetero) is 1. The van der Waals surface area contributed by atoms with Crippen LogP contribution >= 0.6 is 0 Å². The second kappa shape index (κ2) is 9.12. The first kappa shape index (κ1) is 21.9. The lowest BCUT2D eigenvalue weighted by Gasteiger charge is -2.26. The summed E-state index contributed by atoms with van der Waals surface area (Å²) in [4.78, 5) is 34.0. The molecule has 34 heavy (non-hydrogen) atoms. The number of carbonyl (C=O) groups excluding carboxylic acids is 2. The van der Waals surface area contributed by atoms with Crippen molar-refractivity contribution in [3.63, 3.8) is 0 Å². The molecular weight excluding hydrogens is 434 g/mol. The molecule has 0 aliphatic heterocycles. The number of ether oxygens (including phenoxy) is 1. The number of benzene rings is 1. The third kappa shape index (κ3) is 4.57. The molecule has 3 aromatic rings. The third-order valence-electron chi connectivity index (χ3n) is 6.13. The molecule has 10 heteroatoms. The molecule has 0 bridgehead atoms. The number of nitrogens with zero attached hydrogens (tertiary/aromatic N) is 4. The third-order valence-corrected chi connectivity index (χ3v) is 6.13. The number of para-hydroxylation sites is 1. The van der Waals surface area contributed by atoms with Crippen LogP contribution in [-0.4, -0.2) is 44.7 Å². The lowest BCUT2D eigenvalue weighted by Crippen LogP contribution is -2.42. The standard InChI is InChI=1S/C24H27N7O3/c1-31-13-26-23(30-31)16-7-4-8-18(22(16)34-2)28-19-11-20(29-24(33)27-15-5-3-6-15)25-12-17(19)21(32)14-9-10-14/h4,7-8,11-15H,3,5-6,9-10H2,1-2H3,(H3,25,27,28,29,33). The van der Waals surface area contributed by atoms with Crippen LogP contribution in [0.25, 0.3) is 11.4 Å². The highest BCUT2D eigenvalue weighted by atomic mass is 16.5. The van der Waals surface area contributed by atoms with E-state index < -0.39 is 0 Å². The number of carbonyl (C=O) groups is 2. The van der Waals surface area contributed by atoms with Gasteiger partial charge in [-0.1, -0.05) is 6.07 Å². The Balaban J connectivity index is 1.46. The molecule has 2 heterocycles. The Morgan fingerprint density at radius 2 is 1.94 bits per heavy atom. The van der Waals surface area contributed by atoms with Crippen LogP contribution in [-0.2, 0) is 7.05 Å². The largest absolute Gasteiger partial charge is 0.494 e. The highest BCUT2D eigenvalue weighted by molar-refractivity contribution is 6.05. The van der Waals surface area contributed by atoms with Crippen LogP contribution < -0.4 is 20.7 Å². The van der Waals surface area contributed by atoms with Crippen LogP contribution in [0.1, 0.15) is 42.5 Å². The highest BCUT2D eigenvalue weighted by Gasteiger charge is 2.32. The molecule has 3 N–H and O–H groups in total. The van der Waals surface area contributed by atoms with Crippen molar-refractivity contribution in [2.75, 3.05) is 17.7 Å². The average molecular weight is 462 g/mol. The summed E-state index contributed by atoms with van der Waals surface area (Å²) in [5, 5.41) is 13.4. The summed E-state index contributed by atoms with van der Waals surface area (Å²) >= 11 is 0. The van der Waals surface area contributed by atoms with Crippen molar-refractivity contribution in [1.29, 1.82) is 0 Å². The van der Waals surface area contributed by atoms with Crippen molar-refractivity contribution in [1.82, 2.24) is 25.1 Å². The number of nitrogens with one attached hydrogen (secondary N) is 3. The van der Waals surface area contributed by atoms with Crippen LogP contribution in [0, 0.1) is 5.92 Å². The summed E-state index contributed by atoms with van der Waals surface area (Å²) in [6, 6.07) is 7.19. The molecule has 0 atom stereocenters. The molecular formula is C24H27N7O3. The van der Waals surface area contributed by atoms with Crippen molar-refractivity contribution < 1.29 is 14.3 Å². The first-order valence-electron chi connectivity index (χ1n) is 11.4. The SMILES string of the molecule is COc1c(Nc2cc(NC(=O)NC3CCC3)ncc2C(=O)C2CC2)cccc1-c1ncn(C)n1. The number of aromatic nitrogens is 4. The molecule has 2 aliphatic carbocycles. The van der Waals surface area contributed by atoms with Crippen LogP contribution in [0.15, 0.2) is 36.8 Å². The predicted molar refractivity (Wildman–Crippen MR) is 127 cm³/mol. The monoisotopic (exact) mass is 461 g/mol. The van der Waals surface area contributed by atoms with E-state index in [1.54, 1.807) is 31.2 Å². The van der Waals surface area contributed by atoms with Crippen LogP contribution in [0.5, 0.6) is 5.75 Å². The molecule has 2 saturated carbocycles. The van der Waals surface area contributed by atoms with Gasteiger partial charge in [0.05, 0.1) is 29.6 Å². The first-order valence-corrected chi connectivity index (χ1v) is 11.4. The molecule has 2 fully saturated rings. The number of hydrogen-bond donors (Lipinski definition) is 3. The van der Waals surface area contributed by atoms with E-state index >= 15 is 0 Å². The van der Waals surface area contributed by atoms with Gasteiger partial charge < -0.3 is 15.4 Å². The second-order valence-electron chi connectivity index (χ2n) is 8.73. The van der Waals surface area contributed by atoms with Crippen molar-refractivity contribution in [3.8, 4) is 17.1 Å². The van der Waals surface area contributed by atoms with E-state index in [1.165, 1.54) is 6.20 Å². The predicted octanol–water partition coefficient (Wildman–Crippen LogP) is 3.90. The van der Waals surface area contributed by atoms with E-state index in [4.69, 9.17) is 4.74 Å². The zero-order valence-corrected chi connectivity index (χ0v) is 19.2.